The van der Waals surface area contributed by atoms with Crippen LogP contribution in [0.4, 0.5) is 0 Å². The van der Waals surface area contributed by atoms with Crippen LogP contribution in [-0.4, -0.2) is 0 Å². The highest BCUT2D eigenvalue weighted by Crippen LogP contribution is 2.58. The van der Waals surface area contributed by atoms with Crippen LogP contribution in [0.5, 0.6) is 0 Å². The molecule has 2 heteroatoms. The van der Waals surface area contributed by atoms with Crippen molar-refractivity contribution in [3.8, 4) is 22.4 Å². The van der Waals surface area contributed by atoms with E-state index in [4.69, 9.17) is 4.42 Å². The average Bonchev–Trinajstić information content (AvgIpc) is 3.38. The Balaban J connectivity index is 1.73. The molecule has 38 heavy (non-hydrogen) atoms. The van der Waals surface area contributed by atoms with Crippen LogP contribution in [-0.2, 0) is 12.5 Å². The van der Waals surface area contributed by atoms with E-state index in [9.17, 15) is 0 Å². The number of furan rings is 1. The zero-order valence-corrected chi connectivity index (χ0v) is 24.4. The van der Waals surface area contributed by atoms with Gasteiger partial charge in [0.25, 0.3) is 0 Å². The zero-order valence-electron chi connectivity index (χ0n) is 24.4. The van der Waals surface area contributed by atoms with Crippen LogP contribution in [0.1, 0.15) is 75.3 Å². The van der Waals surface area contributed by atoms with E-state index in [-0.39, 0.29) is 5.41 Å². The van der Waals surface area contributed by atoms with Crippen molar-refractivity contribution in [2.24, 2.45) is 18.9 Å². The maximum Gasteiger partial charge on any atom is 0.216 e. The van der Waals surface area contributed by atoms with Gasteiger partial charge in [-0.05, 0) is 59.4 Å². The van der Waals surface area contributed by atoms with E-state index in [2.05, 4.69) is 128 Å². The second-order valence-corrected chi connectivity index (χ2v) is 12.4. The zero-order chi connectivity index (χ0) is 27.1. The van der Waals surface area contributed by atoms with E-state index in [1.54, 1.807) is 0 Å². The van der Waals surface area contributed by atoms with E-state index >= 15 is 0 Å². The van der Waals surface area contributed by atoms with E-state index < -0.39 is 0 Å². The minimum absolute atomic E-state index is 0.0343. The van der Waals surface area contributed by atoms with Crippen molar-refractivity contribution in [1.29, 1.82) is 0 Å². The molecule has 3 aromatic carbocycles. The van der Waals surface area contributed by atoms with Crippen molar-refractivity contribution in [3.63, 3.8) is 0 Å². The molecule has 0 atom stereocenters. The first-order valence-corrected chi connectivity index (χ1v) is 14.2. The molecule has 0 radical (unpaired) electrons. The quantitative estimate of drug-likeness (QED) is 0.224. The highest BCUT2D eigenvalue weighted by atomic mass is 16.3. The highest BCUT2D eigenvalue weighted by molar-refractivity contribution is 6.14. The number of pyridine rings is 1. The molecule has 2 nitrogen and oxygen atoms in total. The molecule has 194 valence electrons. The molecule has 2 aromatic heterocycles. The third-order valence-corrected chi connectivity index (χ3v) is 9.32. The van der Waals surface area contributed by atoms with Gasteiger partial charge < -0.3 is 4.42 Å². The van der Waals surface area contributed by atoms with Gasteiger partial charge in [0.05, 0.1) is 5.56 Å². The molecule has 0 unspecified atom stereocenters. The molecule has 1 aliphatic carbocycles. The molecule has 0 aliphatic heterocycles. The van der Waals surface area contributed by atoms with Gasteiger partial charge in [-0.2, -0.15) is 0 Å². The Morgan fingerprint density at radius 2 is 1.34 bits per heavy atom. The molecule has 0 fully saturated rings. The van der Waals surface area contributed by atoms with Gasteiger partial charge >= 0.3 is 0 Å². The number of nitrogens with zero attached hydrogens (tertiary/aromatic N) is 1. The lowest BCUT2D eigenvalue weighted by molar-refractivity contribution is -0.660. The van der Waals surface area contributed by atoms with Crippen LogP contribution in [0.3, 0.4) is 0 Å². The van der Waals surface area contributed by atoms with Crippen LogP contribution in [0.2, 0.25) is 0 Å². The van der Waals surface area contributed by atoms with E-state index in [1.807, 2.05) is 0 Å². The Morgan fingerprint density at radius 1 is 0.711 bits per heavy atom. The molecule has 0 bridgehead atoms. The summed E-state index contributed by atoms with van der Waals surface area (Å²) in [5.41, 5.74) is 13.8. The van der Waals surface area contributed by atoms with Crippen molar-refractivity contribution in [2.45, 2.75) is 66.7 Å². The second kappa shape index (κ2) is 8.56. The molecule has 0 saturated carbocycles. The predicted molar refractivity (Wildman–Crippen MR) is 160 cm³/mol. The van der Waals surface area contributed by atoms with Crippen molar-refractivity contribution in [1.82, 2.24) is 0 Å². The van der Waals surface area contributed by atoms with Gasteiger partial charge in [-0.25, -0.2) is 4.57 Å². The van der Waals surface area contributed by atoms with Crippen LogP contribution in [0.25, 0.3) is 44.3 Å². The number of hydrogen-bond donors (Lipinski definition) is 0. The maximum atomic E-state index is 7.04. The summed E-state index contributed by atoms with van der Waals surface area (Å²) in [7, 11) is 2.15. The van der Waals surface area contributed by atoms with Gasteiger partial charge in [-0.3, -0.25) is 0 Å². The Kier molecular flexibility index (Phi) is 5.61. The Morgan fingerprint density at radius 3 is 2.00 bits per heavy atom. The molecule has 0 spiro atoms. The number of hydrogen-bond acceptors (Lipinski definition) is 1. The Labute approximate surface area is 227 Å². The second-order valence-electron chi connectivity index (χ2n) is 12.4. The minimum atomic E-state index is -0.0343. The number of aromatic nitrogens is 1. The summed E-state index contributed by atoms with van der Waals surface area (Å²) < 4.78 is 9.31. The first kappa shape index (κ1) is 24.9. The third-order valence-electron chi connectivity index (χ3n) is 9.32. The van der Waals surface area contributed by atoms with Gasteiger partial charge in [-0.1, -0.05) is 90.1 Å². The van der Waals surface area contributed by atoms with Crippen LogP contribution in [0, 0.1) is 25.7 Å². The Hall–Kier alpha value is -3.39. The van der Waals surface area contributed by atoms with Gasteiger partial charge in [0.1, 0.15) is 18.2 Å². The van der Waals surface area contributed by atoms with Crippen molar-refractivity contribution in [2.75, 3.05) is 0 Å². The summed E-state index contributed by atoms with van der Waals surface area (Å²) >= 11 is 0. The molecular formula is C36H40NO+. The summed E-state index contributed by atoms with van der Waals surface area (Å²) in [6.45, 7) is 18.5. The molecule has 0 saturated heterocycles. The fraction of sp³-hybridized carbons (Fsp3) is 0.361. The number of aryl methyl sites for hydroxylation is 3. The summed E-state index contributed by atoms with van der Waals surface area (Å²) in [4.78, 5) is 0. The summed E-state index contributed by atoms with van der Waals surface area (Å²) in [5, 5.41) is 2.40. The van der Waals surface area contributed by atoms with Crippen LogP contribution >= 0.6 is 0 Å². The largest absolute Gasteiger partial charge is 0.454 e. The number of rotatable bonds is 4. The normalized spacial score (nSPS) is 14.3. The van der Waals surface area contributed by atoms with E-state index in [1.165, 1.54) is 61.0 Å². The molecule has 0 amide bonds. The van der Waals surface area contributed by atoms with Gasteiger partial charge in [0.15, 0.2) is 6.20 Å². The molecule has 2 heterocycles. The molecule has 0 N–H and O–H groups in total. The fourth-order valence-electron chi connectivity index (χ4n) is 7.72. The first-order valence-electron chi connectivity index (χ1n) is 14.2. The van der Waals surface area contributed by atoms with Crippen molar-refractivity contribution < 1.29 is 8.98 Å². The molecular weight excluding hydrogens is 462 g/mol. The smallest absolute Gasteiger partial charge is 0.216 e. The fourth-order valence-corrected chi connectivity index (χ4v) is 7.72. The number of benzene rings is 3. The average molecular weight is 503 g/mol. The lowest BCUT2D eigenvalue weighted by Crippen LogP contribution is -2.37. The first-order chi connectivity index (χ1) is 18.1. The maximum absolute atomic E-state index is 7.04. The molecule has 6 rings (SSSR count). The summed E-state index contributed by atoms with van der Waals surface area (Å²) in [5.74, 6) is 1.39. The SMILES string of the molecule is Cc1c[n+](C)c(-c2c(C)ccc3c2oc2c4c(ccc23)C(C(C)C)(C(C)C)c2ccccc2-4)cc1C(C)C. The van der Waals surface area contributed by atoms with Crippen molar-refractivity contribution in [3.05, 3.63) is 88.6 Å². The lowest BCUT2D eigenvalue weighted by atomic mass is 9.63. The third kappa shape index (κ3) is 3.16. The minimum Gasteiger partial charge on any atom is -0.454 e. The van der Waals surface area contributed by atoms with Gasteiger partial charge in [0, 0.05) is 33.4 Å². The summed E-state index contributed by atoms with van der Waals surface area (Å²) in [6.07, 6.45) is 2.26. The van der Waals surface area contributed by atoms with Crippen LogP contribution in [0.15, 0.2) is 65.2 Å². The number of fused-ring (bicyclic) bond motifs is 7. The molecule has 1 aliphatic rings. The Bertz CT molecular complexity index is 1720. The lowest BCUT2D eigenvalue weighted by Gasteiger charge is -2.40. The predicted octanol–water partition coefficient (Wildman–Crippen LogP) is 9.40. The van der Waals surface area contributed by atoms with E-state index in [0.29, 0.717) is 17.8 Å². The highest BCUT2D eigenvalue weighted by Gasteiger charge is 2.48. The standard InChI is InChI=1S/C36H40NO/c1-20(2)28-18-31(37(9)19-24(28)8)32-23(7)14-15-25-26-16-17-30-33(35(26)38-34(25)32)27-12-10-11-13-29(27)36(30,21(3)4)22(5)6/h10-22H,1-9H3/q+1. The van der Waals surface area contributed by atoms with E-state index in [0.717, 1.165) is 11.2 Å². The molecule has 5 aromatic rings. The van der Waals surface area contributed by atoms with Gasteiger partial charge in [-0.15, -0.1) is 0 Å². The summed E-state index contributed by atoms with van der Waals surface area (Å²) in [6, 6.07) is 20.6. The monoisotopic (exact) mass is 502 g/mol. The topological polar surface area (TPSA) is 17.0 Å². The van der Waals surface area contributed by atoms with Crippen LogP contribution < -0.4 is 4.57 Å². The van der Waals surface area contributed by atoms with Crippen molar-refractivity contribution >= 4 is 21.9 Å². The van der Waals surface area contributed by atoms with Gasteiger partial charge in [0.2, 0.25) is 5.69 Å².